The van der Waals surface area contributed by atoms with E-state index in [1.807, 2.05) is 0 Å². The molecule has 0 aromatic carbocycles. The molecule has 1 aromatic rings. The van der Waals surface area contributed by atoms with Gasteiger partial charge in [0, 0.05) is 16.9 Å². The number of amides is 1. The van der Waals surface area contributed by atoms with E-state index in [1.165, 1.54) is 10.8 Å². The summed E-state index contributed by atoms with van der Waals surface area (Å²) >= 11 is 0. The number of aryl methyl sites for hydroxylation is 1. The van der Waals surface area contributed by atoms with E-state index in [0.29, 0.717) is 5.82 Å². The lowest BCUT2D eigenvalue weighted by atomic mass is 10.3. The fraction of sp³-hybridized carbons (Fsp3) is 0.400. The molecule has 98 valence electrons. The number of nitrogens with zero attached hydrogens (tertiary/aromatic N) is 2. The van der Waals surface area contributed by atoms with Crippen molar-refractivity contribution in [3.05, 3.63) is 12.0 Å². The maximum Gasteiger partial charge on any atom is 0.280 e. The molecule has 6 nitrogen and oxygen atoms in total. The van der Waals surface area contributed by atoms with Crippen molar-refractivity contribution < 1.29 is 13.2 Å². The van der Waals surface area contributed by atoms with Gasteiger partial charge in [-0.05, 0) is 13.8 Å². The summed E-state index contributed by atoms with van der Waals surface area (Å²) in [4.78, 5) is 15.5. The van der Waals surface area contributed by atoms with Gasteiger partial charge in [-0.15, -0.1) is 6.42 Å². The van der Waals surface area contributed by atoms with E-state index in [9.17, 15) is 13.2 Å². The minimum atomic E-state index is -3.90. The summed E-state index contributed by atoms with van der Waals surface area (Å²) in [5.74, 6) is 2.32. The Labute approximate surface area is 110 Å². The Morgan fingerprint density at radius 1 is 1.72 bits per heavy atom. The van der Waals surface area contributed by atoms with E-state index in [1.54, 1.807) is 13.8 Å². The van der Waals surface area contributed by atoms with Crippen LogP contribution in [0, 0.1) is 19.3 Å². The van der Waals surface area contributed by atoms with Crippen LogP contribution in [-0.4, -0.2) is 30.4 Å². The Hall–Kier alpha value is -1.52. The lowest BCUT2D eigenvalue weighted by Crippen LogP contribution is -2.31. The van der Waals surface area contributed by atoms with Gasteiger partial charge in [0.05, 0.1) is 6.54 Å². The van der Waals surface area contributed by atoms with Gasteiger partial charge in [0.25, 0.3) is 9.05 Å². The monoisotopic (exact) mass is 289 g/mol. The first kappa shape index (κ1) is 14.5. The Bertz CT molecular complexity index is 600. The third-order valence-corrected chi connectivity index (χ3v) is 3.48. The van der Waals surface area contributed by atoms with Crippen molar-refractivity contribution in [2.24, 2.45) is 0 Å². The van der Waals surface area contributed by atoms with Gasteiger partial charge in [-0.3, -0.25) is 4.79 Å². The van der Waals surface area contributed by atoms with Crippen molar-refractivity contribution in [3.8, 4) is 12.3 Å². The molecule has 1 aromatic heterocycles. The summed E-state index contributed by atoms with van der Waals surface area (Å²) in [5, 5.41) is 2.22. The maximum absolute atomic E-state index is 11.7. The van der Waals surface area contributed by atoms with Gasteiger partial charge in [0.15, 0.2) is 5.03 Å². The van der Waals surface area contributed by atoms with Crippen LogP contribution in [0.2, 0.25) is 0 Å². The van der Waals surface area contributed by atoms with Crippen molar-refractivity contribution in [3.63, 3.8) is 0 Å². The van der Waals surface area contributed by atoms with Crippen LogP contribution in [0.15, 0.2) is 11.2 Å². The number of hydrogen-bond acceptors (Lipinski definition) is 4. The van der Waals surface area contributed by atoms with Gasteiger partial charge >= 0.3 is 0 Å². The molecule has 0 bridgehead atoms. The summed E-state index contributed by atoms with van der Waals surface area (Å²) in [5.41, 5.74) is 0. The third-order valence-electron chi connectivity index (χ3n) is 2.31. The van der Waals surface area contributed by atoms with Crippen LogP contribution >= 0.6 is 10.7 Å². The fourth-order valence-corrected chi connectivity index (χ4v) is 2.08. The zero-order valence-electron chi connectivity index (χ0n) is 9.84. The second kappa shape index (κ2) is 5.42. The van der Waals surface area contributed by atoms with Crippen molar-refractivity contribution in [2.75, 3.05) is 6.54 Å². The van der Waals surface area contributed by atoms with Crippen LogP contribution in [0.25, 0.3) is 0 Å². The fourth-order valence-electron chi connectivity index (χ4n) is 1.38. The molecule has 1 heterocycles. The normalized spacial score (nSPS) is 12.8. The Kier molecular flexibility index (Phi) is 4.38. The van der Waals surface area contributed by atoms with E-state index in [-0.39, 0.29) is 17.5 Å². The number of halogens is 1. The molecule has 18 heavy (non-hydrogen) atoms. The van der Waals surface area contributed by atoms with E-state index < -0.39 is 15.1 Å². The number of imidazole rings is 1. The number of carbonyl (C=O) groups excluding carboxylic acids is 1. The molecule has 0 saturated carbocycles. The molecule has 1 unspecified atom stereocenters. The number of nitrogens with one attached hydrogen (secondary N) is 1. The van der Waals surface area contributed by atoms with Crippen LogP contribution in [0.4, 0.5) is 0 Å². The van der Waals surface area contributed by atoms with Gasteiger partial charge in [-0.1, -0.05) is 5.92 Å². The zero-order chi connectivity index (χ0) is 13.9. The van der Waals surface area contributed by atoms with Gasteiger partial charge in [-0.25, -0.2) is 13.4 Å². The van der Waals surface area contributed by atoms with E-state index in [4.69, 9.17) is 17.1 Å². The average molecular weight is 290 g/mol. The van der Waals surface area contributed by atoms with Gasteiger partial charge in [0.1, 0.15) is 11.9 Å². The molecule has 0 fully saturated rings. The van der Waals surface area contributed by atoms with Gasteiger partial charge in [0.2, 0.25) is 5.91 Å². The van der Waals surface area contributed by atoms with Crippen molar-refractivity contribution >= 4 is 25.6 Å². The topological polar surface area (TPSA) is 81.1 Å². The molecule has 0 aliphatic rings. The molecule has 8 heteroatoms. The molecule has 1 N–H and O–H groups in total. The Morgan fingerprint density at radius 3 is 2.78 bits per heavy atom. The minimum absolute atomic E-state index is 0.109. The highest BCUT2D eigenvalue weighted by Crippen LogP contribution is 2.17. The van der Waals surface area contributed by atoms with Crippen LogP contribution < -0.4 is 5.32 Å². The molecule has 0 radical (unpaired) electrons. The molecule has 0 aliphatic heterocycles. The first-order valence-electron chi connectivity index (χ1n) is 4.98. The van der Waals surface area contributed by atoms with Crippen LogP contribution in [-0.2, 0) is 13.8 Å². The molecule has 1 amide bonds. The van der Waals surface area contributed by atoms with Crippen molar-refractivity contribution in [1.29, 1.82) is 0 Å². The summed E-state index contributed by atoms with van der Waals surface area (Å²) in [6.45, 7) is 3.29. The molecular formula is C10H12ClN3O3S. The zero-order valence-corrected chi connectivity index (χ0v) is 11.4. The predicted molar refractivity (Wildman–Crippen MR) is 66.6 cm³/mol. The molecular weight excluding hydrogens is 278 g/mol. The molecule has 0 aliphatic carbocycles. The summed E-state index contributed by atoms with van der Waals surface area (Å²) in [7, 11) is 1.28. The first-order chi connectivity index (χ1) is 8.27. The number of aromatic nitrogens is 2. The van der Waals surface area contributed by atoms with Crippen molar-refractivity contribution in [1.82, 2.24) is 14.9 Å². The minimum Gasteiger partial charge on any atom is -0.343 e. The first-order valence-corrected chi connectivity index (χ1v) is 7.29. The van der Waals surface area contributed by atoms with Gasteiger partial charge < -0.3 is 9.88 Å². The van der Waals surface area contributed by atoms with Crippen LogP contribution in [0.5, 0.6) is 0 Å². The van der Waals surface area contributed by atoms with E-state index in [2.05, 4.69) is 16.2 Å². The number of carbonyl (C=O) groups is 1. The summed E-state index contributed by atoms with van der Waals surface area (Å²) < 4.78 is 23.7. The summed E-state index contributed by atoms with van der Waals surface area (Å²) in [6, 6.07) is -0.627. The molecule has 1 rings (SSSR count). The maximum atomic E-state index is 11.7. The second-order valence-electron chi connectivity index (χ2n) is 3.57. The SMILES string of the molecule is C#CCNC(=O)C(C)n1cc(S(=O)(=O)Cl)nc1C. The summed E-state index contributed by atoms with van der Waals surface area (Å²) in [6.07, 6.45) is 6.25. The highest BCUT2D eigenvalue weighted by molar-refractivity contribution is 8.13. The standard InChI is InChI=1S/C10H12ClN3O3S/c1-4-5-12-10(15)7(2)14-6-9(13-8(14)3)18(11,16)17/h1,6-7H,5H2,2-3H3,(H,12,15). The number of hydrogen-bond donors (Lipinski definition) is 1. The quantitative estimate of drug-likeness (QED) is 0.644. The van der Waals surface area contributed by atoms with E-state index in [0.717, 1.165) is 0 Å². The van der Waals surface area contributed by atoms with Crippen LogP contribution in [0.3, 0.4) is 0 Å². The second-order valence-corrected chi connectivity index (χ2v) is 6.08. The molecule has 0 spiro atoms. The van der Waals surface area contributed by atoms with Crippen molar-refractivity contribution in [2.45, 2.75) is 24.9 Å². The van der Waals surface area contributed by atoms with Gasteiger partial charge in [-0.2, -0.15) is 0 Å². The highest BCUT2D eigenvalue weighted by Gasteiger charge is 2.21. The predicted octanol–water partition coefficient (Wildman–Crippen LogP) is 0.429. The number of rotatable bonds is 4. The lowest BCUT2D eigenvalue weighted by Gasteiger charge is -2.13. The Balaban J connectivity index is 3.01. The molecule has 0 saturated heterocycles. The smallest absolute Gasteiger partial charge is 0.280 e. The molecule has 1 atom stereocenters. The highest BCUT2D eigenvalue weighted by atomic mass is 35.7. The number of terminal acetylenes is 1. The van der Waals surface area contributed by atoms with Crippen LogP contribution in [0.1, 0.15) is 18.8 Å². The lowest BCUT2D eigenvalue weighted by molar-refractivity contribution is -0.123. The largest absolute Gasteiger partial charge is 0.343 e. The third kappa shape index (κ3) is 3.24. The average Bonchev–Trinajstić information content (AvgIpc) is 2.66. The Morgan fingerprint density at radius 2 is 2.33 bits per heavy atom. The van der Waals surface area contributed by atoms with E-state index >= 15 is 0 Å².